The maximum absolute atomic E-state index is 12.6. The molecule has 142 valence electrons. The molecule has 0 aliphatic heterocycles. The molecule has 0 saturated carbocycles. The van der Waals surface area contributed by atoms with Gasteiger partial charge in [-0.25, -0.2) is 9.67 Å². The van der Waals surface area contributed by atoms with E-state index >= 15 is 0 Å². The molecule has 0 bridgehead atoms. The zero-order chi connectivity index (χ0) is 19.8. The van der Waals surface area contributed by atoms with E-state index < -0.39 is 0 Å². The van der Waals surface area contributed by atoms with Crippen LogP contribution in [0, 0.1) is 13.8 Å². The Balaban J connectivity index is 1.59. The maximum atomic E-state index is 12.6. The van der Waals surface area contributed by atoms with Gasteiger partial charge >= 0.3 is 0 Å². The number of rotatable bonds is 4. The molecule has 4 aromatic rings. The zero-order valence-corrected chi connectivity index (χ0v) is 15.7. The predicted octanol–water partition coefficient (Wildman–Crippen LogP) is 1.57. The van der Waals surface area contributed by atoms with Gasteiger partial charge in [0.15, 0.2) is 5.65 Å². The molecule has 1 aromatic carbocycles. The predicted molar refractivity (Wildman–Crippen MR) is 104 cm³/mol. The number of amides is 1. The molecule has 9 heteroatoms. The molecule has 0 saturated heterocycles. The second-order valence-electron chi connectivity index (χ2n) is 6.52. The molecule has 1 N–H and O–H groups in total. The van der Waals surface area contributed by atoms with E-state index in [2.05, 4.69) is 20.5 Å². The summed E-state index contributed by atoms with van der Waals surface area (Å²) < 4.78 is 4.57. The molecule has 9 nitrogen and oxygen atoms in total. The average Bonchev–Trinajstić information content (AvgIpc) is 3.20. The number of benzene rings is 1. The highest BCUT2D eigenvalue weighted by Crippen LogP contribution is 2.22. The summed E-state index contributed by atoms with van der Waals surface area (Å²) in [6.45, 7) is 3.57. The number of carbonyl (C=O) groups excluding carboxylic acids is 1. The van der Waals surface area contributed by atoms with E-state index in [0.717, 1.165) is 11.4 Å². The van der Waals surface area contributed by atoms with Gasteiger partial charge in [0.1, 0.15) is 18.3 Å². The van der Waals surface area contributed by atoms with E-state index in [1.165, 1.54) is 21.8 Å². The summed E-state index contributed by atoms with van der Waals surface area (Å²) in [6.07, 6.45) is 2.82. The Kier molecular flexibility index (Phi) is 4.26. The Morgan fingerprint density at radius 1 is 1.18 bits per heavy atom. The fraction of sp³-hybridized carbons (Fsp3) is 0.211. The van der Waals surface area contributed by atoms with Gasteiger partial charge in [-0.3, -0.25) is 18.8 Å². The first kappa shape index (κ1) is 17.7. The Bertz CT molecular complexity index is 1230. The molecule has 1 amide bonds. The zero-order valence-electron chi connectivity index (χ0n) is 15.7. The van der Waals surface area contributed by atoms with Crippen molar-refractivity contribution < 1.29 is 4.79 Å². The van der Waals surface area contributed by atoms with Crippen molar-refractivity contribution in [2.75, 3.05) is 5.32 Å². The average molecular weight is 377 g/mol. The van der Waals surface area contributed by atoms with Crippen LogP contribution < -0.4 is 10.9 Å². The highest BCUT2D eigenvalue weighted by molar-refractivity contribution is 5.92. The molecule has 0 radical (unpaired) electrons. The van der Waals surface area contributed by atoms with Crippen LogP contribution in [-0.4, -0.2) is 35.0 Å². The molecule has 4 rings (SSSR count). The number of nitrogens with zero attached hydrogens (tertiary/aromatic N) is 6. The topological polar surface area (TPSA) is 99.6 Å². The first-order valence-electron chi connectivity index (χ1n) is 8.74. The number of nitrogens with one attached hydrogen (secondary N) is 1. The summed E-state index contributed by atoms with van der Waals surface area (Å²) in [5, 5.41) is 11.8. The lowest BCUT2D eigenvalue weighted by Gasteiger charge is -2.08. The largest absolute Gasteiger partial charge is 0.321 e. The van der Waals surface area contributed by atoms with E-state index in [1.807, 2.05) is 44.2 Å². The molecular weight excluding hydrogens is 358 g/mol. The molecule has 0 spiro atoms. The van der Waals surface area contributed by atoms with Gasteiger partial charge in [0, 0.05) is 7.05 Å². The Hall–Kier alpha value is -3.75. The third-order valence-corrected chi connectivity index (χ3v) is 4.59. The lowest BCUT2D eigenvalue weighted by atomic mass is 10.3. The minimum Gasteiger partial charge on any atom is -0.321 e. The van der Waals surface area contributed by atoms with Crippen LogP contribution in [-0.2, 0) is 18.4 Å². The summed E-state index contributed by atoms with van der Waals surface area (Å²) in [6, 6.07) is 9.68. The second kappa shape index (κ2) is 6.76. The molecular formula is C19H19N7O2. The van der Waals surface area contributed by atoms with E-state index in [-0.39, 0.29) is 18.0 Å². The number of hydrogen-bond acceptors (Lipinski definition) is 5. The number of aryl methyl sites for hydroxylation is 2. The van der Waals surface area contributed by atoms with Crippen molar-refractivity contribution in [1.82, 2.24) is 29.1 Å². The van der Waals surface area contributed by atoms with E-state index in [1.54, 1.807) is 11.7 Å². The summed E-state index contributed by atoms with van der Waals surface area (Å²) in [5.41, 5.74) is 3.23. The van der Waals surface area contributed by atoms with E-state index in [0.29, 0.717) is 22.4 Å². The first-order valence-corrected chi connectivity index (χ1v) is 8.74. The normalized spacial score (nSPS) is 11.1. The molecule has 3 aromatic heterocycles. The van der Waals surface area contributed by atoms with Crippen molar-refractivity contribution in [3.63, 3.8) is 0 Å². The molecule has 0 fully saturated rings. The van der Waals surface area contributed by atoms with Crippen LogP contribution in [0.3, 0.4) is 0 Å². The number of hydrogen-bond donors (Lipinski definition) is 1. The van der Waals surface area contributed by atoms with Crippen LogP contribution in [0.15, 0.2) is 47.7 Å². The van der Waals surface area contributed by atoms with Gasteiger partial charge in [-0.1, -0.05) is 18.2 Å². The number of fused-ring (bicyclic) bond motifs is 1. The molecule has 0 atom stereocenters. The Morgan fingerprint density at radius 2 is 1.93 bits per heavy atom. The molecule has 0 aliphatic carbocycles. The minimum absolute atomic E-state index is 0.147. The molecule has 0 aliphatic rings. The van der Waals surface area contributed by atoms with Crippen molar-refractivity contribution >= 4 is 22.6 Å². The van der Waals surface area contributed by atoms with Crippen molar-refractivity contribution in [2.45, 2.75) is 20.4 Å². The SMILES string of the molecule is Cc1nn(-c2ccccc2)c(C)c1NC(=O)Cn1cnc2c(cnn2C)c1=O. The highest BCUT2D eigenvalue weighted by Gasteiger charge is 2.16. The van der Waals surface area contributed by atoms with Gasteiger partial charge in [0.2, 0.25) is 5.91 Å². The maximum Gasteiger partial charge on any atom is 0.264 e. The van der Waals surface area contributed by atoms with Gasteiger partial charge in [-0.05, 0) is 26.0 Å². The number of anilines is 1. The summed E-state index contributed by atoms with van der Waals surface area (Å²) in [4.78, 5) is 29.3. The number of aromatic nitrogens is 6. The van der Waals surface area contributed by atoms with Crippen LogP contribution in [0.5, 0.6) is 0 Å². The minimum atomic E-state index is -0.328. The first-order chi connectivity index (χ1) is 13.5. The standard InChI is InChI=1S/C19H19N7O2/c1-12-17(13(2)26(23-12)14-7-5-4-6-8-14)22-16(27)10-25-11-20-18-15(19(25)28)9-21-24(18)3/h4-9,11H,10H2,1-3H3,(H,22,27). The van der Waals surface area contributed by atoms with Gasteiger partial charge < -0.3 is 5.32 Å². The fourth-order valence-electron chi connectivity index (χ4n) is 3.16. The van der Waals surface area contributed by atoms with Gasteiger partial charge in [0.05, 0.1) is 29.0 Å². The summed E-state index contributed by atoms with van der Waals surface area (Å²) >= 11 is 0. The van der Waals surface area contributed by atoms with Crippen LogP contribution in [0.4, 0.5) is 5.69 Å². The quantitative estimate of drug-likeness (QED) is 0.582. The summed E-state index contributed by atoms with van der Waals surface area (Å²) in [7, 11) is 1.71. The number of para-hydroxylation sites is 1. The van der Waals surface area contributed by atoms with Crippen LogP contribution in [0.2, 0.25) is 0 Å². The number of carbonyl (C=O) groups is 1. The third kappa shape index (κ3) is 2.96. The Labute approximate surface area is 160 Å². The fourth-order valence-corrected chi connectivity index (χ4v) is 3.16. The smallest absolute Gasteiger partial charge is 0.264 e. The van der Waals surface area contributed by atoms with Crippen LogP contribution >= 0.6 is 0 Å². The lowest BCUT2D eigenvalue weighted by Crippen LogP contribution is -2.28. The lowest BCUT2D eigenvalue weighted by molar-refractivity contribution is -0.116. The van der Waals surface area contributed by atoms with Crippen molar-refractivity contribution in [2.24, 2.45) is 7.05 Å². The van der Waals surface area contributed by atoms with Crippen molar-refractivity contribution in [1.29, 1.82) is 0 Å². The van der Waals surface area contributed by atoms with Crippen LogP contribution in [0.25, 0.3) is 16.7 Å². The van der Waals surface area contributed by atoms with E-state index in [4.69, 9.17) is 0 Å². The van der Waals surface area contributed by atoms with Gasteiger partial charge in [0.25, 0.3) is 5.56 Å². The van der Waals surface area contributed by atoms with Crippen LogP contribution in [0.1, 0.15) is 11.4 Å². The molecule has 28 heavy (non-hydrogen) atoms. The summed E-state index contributed by atoms with van der Waals surface area (Å²) in [5.74, 6) is -0.328. The monoisotopic (exact) mass is 377 g/mol. The van der Waals surface area contributed by atoms with Gasteiger partial charge in [-0.2, -0.15) is 10.2 Å². The van der Waals surface area contributed by atoms with Crippen molar-refractivity contribution in [3.8, 4) is 5.69 Å². The second-order valence-corrected chi connectivity index (χ2v) is 6.52. The highest BCUT2D eigenvalue weighted by atomic mass is 16.2. The Morgan fingerprint density at radius 3 is 2.68 bits per heavy atom. The van der Waals surface area contributed by atoms with Crippen molar-refractivity contribution in [3.05, 3.63) is 64.6 Å². The molecule has 0 unspecified atom stereocenters. The van der Waals surface area contributed by atoms with Gasteiger partial charge in [-0.15, -0.1) is 0 Å². The van der Waals surface area contributed by atoms with E-state index in [9.17, 15) is 9.59 Å². The third-order valence-electron chi connectivity index (χ3n) is 4.59. The molecule has 3 heterocycles.